The molecule has 3 amide bonds. The van der Waals surface area contributed by atoms with Gasteiger partial charge in [-0.3, -0.25) is 34.1 Å². The van der Waals surface area contributed by atoms with Gasteiger partial charge in [-0.2, -0.15) is 12.7 Å². The Morgan fingerprint density at radius 3 is 2.46 bits per heavy atom. The van der Waals surface area contributed by atoms with E-state index in [-0.39, 0.29) is 49.7 Å². The number of pyridine rings is 1. The number of carbonyl (C=O) groups excluding carboxylic acids is 4. The Balaban J connectivity index is 0.827. The van der Waals surface area contributed by atoms with Gasteiger partial charge in [0.25, 0.3) is 5.91 Å². The molecule has 4 aliphatic heterocycles. The van der Waals surface area contributed by atoms with E-state index < -0.39 is 63.5 Å². The normalized spacial score (nSPS) is 19.8. The second-order valence-corrected chi connectivity index (χ2v) is 17.8. The molecular weight excluding hydrogens is 842 g/mol. The quantitative estimate of drug-likeness (QED) is 0.119. The predicted octanol–water partition coefficient (Wildman–Crippen LogP) is 4.57. The number of aromatic amines is 1. The zero-order valence-corrected chi connectivity index (χ0v) is 34.9. The van der Waals surface area contributed by atoms with Crippen LogP contribution in [0.1, 0.15) is 56.7 Å². The molecule has 1 unspecified atom stereocenters. The van der Waals surface area contributed by atoms with Crippen LogP contribution in [0.5, 0.6) is 5.75 Å². The van der Waals surface area contributed by atoms with Crippen LogP contribution in [0.3, 0.4) is 0 Å². The lowest BCUT2D eigenvalue weighted by atomic mass is 9.99. The second kappa shape index (κ2) is 16.8. The molecular formula is C44H43F3N8O7S. The number of nitrogens with one attached hydrogen (secondary N) is 3. The zero-order valence-electron chi connectivity index (χ0n) is 34.1. The summed E-state index contributed by atoms with van der Waals surface area (Å²) in [6, 6.07) is 14.5. The number of fused-ring (bicyclic) bond motifs is 2. The van der Waals surface area contributed by atoms with Crippen molar-refractivity contribution >= 4 is 56.1 Å². The number of hydrogen-bond acceptors (Lipinski definition) is 10. The molecule has 4 aliphatic rings. The molecule has 2 aromatic heterocycles. The molecule has 3 N–H and O–H groups in total. The van der Waals surface area contributed by atoms with Gasteiger partial charge in [-0.1, -0.05) is 24.3 Å². The molecule has 3 saturated heterocycles. The number of piperazine rings is 1. The molecule has 0 saturated carbocycles. The van der Waals surface area contributed by atoms with Crippen LogP contribution in [0.25, 0.3) is 22.2 Å². The van der Waals surface area contributed by atoms with E-state index in [9.17, 15) is 32.0 Å². The number of alkyl halides is 1. The van der Waals surface area contributed by atoms with Gasteiger partial charge in [0.15, 0.2) is 5.82 Å². The average molecular weight is 885 g/mol. The van der Waals surface area contributed by atoms with Gasteiger partial charge < -0.3 is 19.5 Å². The molecule has 15 nitrogen and oxygen atoms in total. The number of piperidine rings is 1. The standard InChI is InChI=1S/C44H43F3N8O7S/c1-62-36-20-30(18-28-23-55(44(59)38(28)36)35-8-9-37(56)50-43(35)58)53-16-14-52(15-17-53)12-10-25-2-4-26(5-3-25)27-19-31-32(22-49-42(31)48-21-27)41(57)39-33(46)6-7-34(40(39)47)51-63(60,61)54-13-11-29(45)24-54/h2-7,18-22,29,35,51H,8-17,23-24H2,1H3,(H,48,49)(H,50,56,58)/t29-,35?/m1/s1. The molecule has 328 valence electrons. The number of methoxy groups -OCH3 is 1. The number of nitrogens with zero attached hydrogens (tertiary/aromatic N) is 5. The maximum absolute atomic E-state index is 15.7. The van der Waals surface area contributed by atoms with Gasteiger partial charge in [0.1, 0.15) is 29.4 Å². The zero-order chi connectivity index (χ0) is 44.2. The van der Waals surface area contributed by atoms with Crippen molar-refractivity contribution in [2.24, 2.45) is 0 Å². The summed E-state index contributed by atoms with van der Waals surface area (Å²) in [5.74, 6) is -4.20. The minimum atomic E-state index is -4.36. The fourth-order valence-corrected chi connectivity index (χ4v) is 10.1. The number of aromatic nitrogens is 2. The lowest BCUT2D eigenvalue weighted by molar-refractivity contribution is -0.136. The van der Waals surface area contributed by atoms with Crippen molar-refractivity contribution in [1.29, 1.82) is 0 Å². The Kier molecular flexibility index (Phi) is 11.2. The number of ketones is 1. The molecule has 19 heteroatoms. The first-order valence-electron chi connectivity index (χ1n) is 20.6. The highest BCUT2D eigenvalue weighted by Crippen LogP contribution is 2.38. The SMILES string of the molecule is COc1cc(N2CCN(CCc3ccc(-c4cnc5[nH]cc(C(=O)c6c(F)ccc(NS(=O)(=O)N7CC[C@@H](F)C7)c6F)c5c4)cc3)CC2)cc2c1C(=O)N(C1CCC(=O)NC1=O)C2. The highest BCUT2D eigenvalue weighted by atomic mass is 32.2. The van der Waals surface area contributed by atoms with Gasteiger partial charge in [-0.05, 0) is 60.2 Å². The highest BCUT2D eigenvalue weighted by molar-refractivity contribution is 7.90. The van der Waals surface area contributed by atoms with Crippen molar-refractivity contribution in [2.75, 3.05) is 62.5 Å². The first-order chi connectivity index (χ1) is 30.3. The fraction of sp³-hybridized carbons (Fsp3) is 0.341. The largest absolute Gasteiger partial charge is 0.496 e. The van der Waals surface area contributed by atoms with Crippen molar-refractivity contribution in [3.05, 3.63) is 106 Å². The maximum Gasteiger partial charge on any atom is 0.301 e. The number of halogens is 3. The third kappa shape index (κ3) is 8.11. The van der Waals surface area contributed by atoms with Crippen molar-refractivity contribution < 1.29 is 45.5 Å². The summed E-state index contributed by atoms with van der Waals surface area (Å²) in [5, 5.41) is 2.66. The summed E-state index contributed by atoms with van der Waals surface area (Å²) >= 11 is 0. The Morgan fingerprint density at radius 2 is 1.75 bits per heavy atom. The number of anilines is 2. The number of hydrogen-bond donors (Lipinski definition) is 3. The van der Waals surface area contributed by atoms with Crippen molar-refractivity contribution in [3.8, 4) is 16.9 Å². The number of carbonyl (C=O) groups is 4. The molecule has 0 bridgehead atoms. The number of amides is 3. The Morgan fingerprint density at radius 1 is 0.968 bits per heavy atom. The third-order valence-electron chi connectivity index (χ3n) is 12.3. The van der Waals surface area contributed by atoms with E-state index in [2.05, 4.69) is 25.1 Å². The molecule has 3 aromatic carbocycles. The second-order valence-electron chi connectivity index (χ2n) is 16.1. The minimum absolute atomic E-state index is 0.00247. The first kappa shape index (κ1) is 42.0. The molecule has 0 radical (unpaired) electrons. The predicted molar refractivity (Wildman–Crippen MR) is 226 cm³/mol. The van der Waals surface area contributed by atoms with Crippen LogP contribution >= 0.6 is 0 Å². The smallest absolute Gasteiger partial charge is 0.301 e. The minimum Gasteiger partial charge on any atom is -0.496 e. The van der Waals surface area contributed by atoms with Gasteiger partial charge in [-0.15, -0.1) is 0 Å². The lowest BCUT2D eigenvalue weighted by Crippen LogP contribution is -2.52. The van der Waals surface area contributed by atoms with Crippen LogP contribution in [0.15, 0.2) is 67.0 Å². The molecule has 0 spiro atoms. The molecule has 6 heterocycles. The Hall–Kier alpha value is -6.31. The van der Waals surface area contributed by atoms with Crippen LogP contribution in [-0.4, -0.2) is 121 Å². The molecule has 5 aromatic rings. The topological polar surface area (TPSA) is 177 Å². The monoisotopic (exact) mass is 884 g/mol. The molecule has 3 fully saturated rings. The number of imide groups is 1. The molecule has 2 atom stereocenters. The van der Waals surface area contributed by atoms with E-state index in [1.54, 1.807) is 12.3 Å². The van der Waals surface area contributed by atoms with Crippen molar-refractivity contribution in [1.82, 2.24) is 29.4 Å². The van der Waals surface area contributed by atoms with E-state index in [0.29, 0.717) is 27.9 Å². The van der Waals surface area contributed by atoms with Gasteiger partial charge in [0.2, 0.25) is 17.6 Å². The number of ether oxygens (including phenoxy) is 1. The third-order valence-corrected chi connectivity index (χ3v) is 13.8. The van der Waals surface area contributed by atoms with E-state index in [0.717, 1.165) is 78.0 Å². The van der Waals surface area contributed by atoms with Crippen LogP contribution in [0.2, 0.25) is 0 Å². The fourth-order valence-electron chi connectivity index (χ4n) is 8.81. The van der Waals surface area contributed by atoms with Crippen molar-refractivity contribution in [3.63, 3.8) is 0 Å². The van der Waals surface area contributed by atoms with E-state index in [4.69, 9.17) is 4.74 Å². The van der Waals surface area contributed by atoms with Crippen LogP contribution in [0, 0.1) is 11.6 Å². The average Bonchev–Trinajstić information content (AvgIpc) is 4.01. The van der Waals surface area contributed by atoms with Crippen LogP contribution in [-0.2, 0) is 32.8 Å². The molecule has 63 heavy (non-hydrogen) atoms. The number of H-pyrrole nitrogens is 1. The molecule has 0 aliphatic carbocycles. The Labute approximate surface area is 360 Å². The first-order valence-corrected chi connectivity index (χ1v) is 22.1. The van der Waals surface area contributed by atoms with E-state index in [1.165, 1.54) is 18.2 Å². The summed E-state index contributed by atoms with van der Waals surface area (Å²) in [6.45, 7) is 3.74. The lowest BCUT2D eigenvalue weighted by Gasteiger charge is -2.36. The number of benzene rings is 3. The maximum atomic E-state index is 15.7. The van der Waals surface area contributed by atoms with Gasteiger partial charge in [-0.25, -0.2) is 18.2 Å². The summed E-state index contributed by atoms with van der Waals surface area (Å²) in [6.07, 6.45) is 2.83. The van der Waals surface area contributed by atoms with Gasteiger partial charge in [0.05, 0.1) is 23.9 Å². The number of rotatable bonds is 12. The summed E-state index contributed by atoms with van der Waals surface area (Å²) in [5.41, 5.74) is 3.42. The summed E-state index contributed by atoms with van der Waals surface area (Å²) < 4.78 is 78.6. The van der Waals surface area contributed by atoms with Crippen LogP contribution in [0.4, 0.5) is 24.5 Å². The van der Waals surface area contributed by atoms with Gasteiger partial charge >= 0.3 is 10.2 Å². The van der Waals surface area contributed by atoms with E-state index in [1.807, 2.05) is 41.1 Å². The van der Waals surface area contributed by atoms with Crippen molar-refractivity contribution in [2.45, 2.75) is 44.4 Å². The Bertz CT molecular complexity index is 2780. The van der Waals surface area contributed by atoms with Crippen LogP contribution < -0.4 is 19.7 Å². The van der Waals surface area contributed by atoms with E-state index >= 15 is 8.78 Å². The molecule has 9 rings (SSSR count). The summed E-state index contributed by atoms with van der Waals surface area (Å²) in [4.78, 5) is 64.9. The van der Waals surface area contributed by atoms with Gasteiger partial charge in [0, 0.05) is 99.4 Å². The summed E-state index contributed by atoms with van der Waals surface area (Å²) in [7, 11) is -2.84. The highest BCUT2D eigenvalue weighted by Gasteiger charge is 2.41.